The molecule has 29 heavy (non-hydrogen) atoms. The van der Waals surface area contributed by atoms with Gasteiger partial charge in [0.25, 0.3) is 5.69 Å². The van der Waals surface area contributed by atoms with Gasteiger partial charge >= 0.3 is 0 Å². The SMILES string of the molecule is CS(=O)(=O)c1cc([N+](=O)[O-])ccc1Nc1cccc(CS(=O)c2ccccc2)c1. The van der Waals surface area contributed by atoms with Gasteiger partial charge in [0.05, 0.1) is 32.1 Å². The van der Waals surface area contributed by atoms with Crippen molar-refractivity contribution in [3.8, 4) is 0 Å². The van der Waals surface area contributed by atoms with Gasteiger partial charge in [-0.3, -0.25) is 14.3 Å². The zero-order chi connectivity index (χ0) is 21.0. The summed E-state index contributed by atoms with van der Waals surface area (Å²) in [7, 11) is -4.90. The van der Waals surface area contributed by atoms with E-state index in [0.29, 0.717) is 11.4 Å². The minimum absolute atomic E-state index is 0.162. The maximum Gasteiger partial charge on any atom is 0.270 e. The second-order valence-corrected chi connectivity index (χ2v) is 9.77. The van der Waals surface area contributed by atoms with Gasteiger partial charge in [-0.1, -0.05) is 30.3 Å². The van der Waals surface area contributed by atoms with Crippen LogP contribution in [0, 0.1) is 10.1 Å². The number of hydrogen-bond donors (Lipinski definition) is 1. The van der Waals surface area contributed by atoms with Crippen molar-refractivity contribution < 1.29 is 17.6 Å². The van der Waals surface area contributed by atoms with Gasteiger partial charge in [-0.2, -0.15) is 0 Å². The van der Waals surface area contributed by atoms with Gasteiger partial charge < -0.3 is 5.32 Å². The van der Waals surface area contributed by atoms with E-state index in [0.717, 1.165) is 22.8 Å². The highest BCUT2D eigenvalue weighted by molar-refractivity contribution is 7.90. The average Bonchev–Trinajstić information content (AvgIpc) is 2.68. The van der Waals surface area contributed by atoms with Crippen molar-refractivity contribution >= 4 is 37.7 Å². The molecule has 0 radical (unpaired) electrons. The summed E-state index contributed by atoms with van der Waals surface area (Å²) < 4.78 is 36.7. The molecule has 0 fully saturated rings. The molecule has 7 nitrogen and oxygen atoms in total. The minimum atomic E-state index is -3.69. The van der Waals surface area contributed by atoms with E-state index in [1.165, 1.54) is 12.1 Å². The molecule has 0 heterocycles. The van der Waals surface area contributed by atoms with Crippen LogP contribution in [0.3, 0.4) is 0 Å². The van der Waals surface area contributed by atoms with E-state index in [4.69, 9.17) is 0 Å². The van der Waals surface area contributed by atoms with Crippen LogP contribution in [0.15, 0.2) is 82.6 Å². The Labute approximate surface area is 170 Å². The molecule has 1 unspecified atom stereocenters. The zero-order valence-corrected chi connectivity index (χ0v) is 17.1. The molecular formula is C20H18N2O5S2. The predicted octanol–water partition coefficient (Wildman–Crippen LogP) is 4.05. The lowest BCUT2D eigenvalue weighted by atomic mass is 10.2. The van der Waals surface area contributed by atoms with E-state index in [2.05, 4.69) is 5.32 Å². The van der Waals surface area contributed by atoms with Gasteiger partial charge in [0.1, 0.15) is 0 Å². The monoisotopic (exact) mass is 430 g/mol. The highest BCUT2D eigenvalue weighted by Crippen LogP contribution is 2.29. The molecule has 0 aliphatic carbocycles. The molecule has 150 valence electrons. The number of rotatable bonds is 7. The van der Waals surface area contributed by atoms with Crippen molar-refractivity contribution in [2.45, 2.75) is 15.5 Å². The number of non-ortho nitro benzene ring substituents is 1. The number of nitrogens with one attached hydrogen (secondary N) is 1. The first kappa shape index (κ1) is 20.7. The number of nitro benzene ring substituents is 1. The van der Waals surface area contributed by atoms with Crippen molar-refractivity contribution in [2.24, 2.45) is 0 Å². The molecule has 0 saturated carbocycles. The number of nitro groups is 1. The smallest absolute Gasteiger partial charge is 0.270 e. The Morgan fingerprint density at radius 2 is 1.72 bits per heavy atom. The van der Waals surface area contributed by atoms with Crippen molar-refractivity contribution in [3.05, 3.63) is 88.5 Å². The van der Waals surface area contributed by atoms with Crippen LogP contribution in [-0.2, 0) is 26.4 Å². The summed E-state index contributed by atoms with van der Waals surface area (Å²) in [6.45, 7) is 0. The fourth-order valence-corrected chi connectivity index (χ4v) is 4.70. The highest BCUT2D eigenvalue weighted by Gasteiger charge is 2.18. The van der Waals surface area contributed by atoms with Crippen LogP contribution in [0.4, 0.5) is 17.1 Å². The molecule has 0 aromatic heterocycles. The molecule has 0 spiro atoms. The van der Waals surface area contributed by atoms with Gasteiger partial charge in [0.15, 0.2) is 9.84 Å². The molecule has 1 N–H and O–H groups in total. The quantitative estimate of drug-likeness (QED) is 0.448. The number of anilines is 2. The molecule has 3 rings (SSSR count). The zero-order valence-electron chi connectivity index (χ0n) is 15.4. The second-order valence-electron chi connectivity index (χ2n) is 6.34. The Hall–Kier alpha value is -3.04. The lowest BCUT2D eigenvalue weighted by Gasteiger charge is -2.12. The maximum atomic E-state index is 12.5. The Morgan fingerprint density at radius 3 is 2.38 bits per heavy atom. The first-order valence-corrected chi connectivity index (χ1v) is 11.7. The van der Waals surface area contributed by atoms with Crippen LogP contribution in [0.25, 0.3) is 0 Å². The third-order valence-electron chi connectivity index (χ3n) is 4.09. The van der Waals surface area contributed by atoms with E-state index in [1.807, 2.05) is 24.3 Å². The Kier molecular flexibility index (Phi) is 6.09. The van der Waals surface area contributed by atoms with Gasteiger partial charge in [-0.15, -0.1) is 0 Å². The average molecular weight is 431 g/mol. The fraction of sp³-hybridized carbons (Fsp3) is 0.100. The summed E-state index contributed by atoms with van der Waals surface area (Å²) in [5.74, 6) is 0.304. The van der Waals surface area contributed by atoms with Crippen LogP contribution in [0.5, 0.6) is 0 Å². The van der Waals surface area contributed by atoms with Crippen LogP contribution in [-0.4, -0.2) is 23.8 Å². The molecule has 0 bridgehead atoms. The standard InChI is InChI=1S/C20H18N2O5S2/c1-29(26,27)20-13-17(22(23)24)10-11-19(20)21-16-7-5-6-15(12-16)14-28(25)18-8-3-2-4-9-18/h2-13,21H,14H2,1H3. The van der Waals surface area contributed by atoms with Gasteiger partial charge in [-0.25, -0.2) is 8.42 Å². The molecule has 0 saturated heterocycles. The number of benzene rings is 3. The molecule has 9 heteroatoms. The predicted molar refractivity (Wildman–Crippen MR) is 112 cm³/mol. The van der Waals surface area contributed by atoms with Crippen LogP contribution in [0.1, 0.15) is 5.56 Å². The van der Waals surface area contributed by atoms with Crippen LogP contribution >= 0.6 is 0 Å². The van der Waals surface area contributed by atoms with E-state index in [1.54, 1.807) is 30.3 Å². The van der Waals surface area contributed by atoms with Crippen molar-refractivity contribution in [1.82, 2.24) is 0 Å². The molecule has 3 aromatic rings. The summed E-state index contributed by atoms with van der Waals surface area (Å²) in [6.07, 6.45) is 0.997. The molecule has 1 atom stereocenters. The summed E-state index contributed by atoms with van der Waals surface area (Å²) in [6, 6.07) is 19.9. The lowest BCUT2D eigenvalue weighted by Crippen LogP contribution is -2.04. The third kappa shape index (κ3) is 5.27. The van der Waals surface area contributed by atoms with E-state index in [-0.39, 0.29) is 16.3 Å². The van der Waals surface area contributed by atoms with Gasteiger partial charge in [0, 0.05) is 29.0 Å². The summed E-state index contributed by atoms with van der Waals surface area (Å²) in [5.41, 5.74) is 1.33. The van der Waals surface area contributed by atoms with Gasteiger partial charge in [-0.05, 0) is 35.9 Å². The molecule has 0 aliphatic heterocycles. The summed E-state index contributed by atoms with van der Waals surface area (Å²) in [5, 5.41) is 14.0. The van der Waals surface area contributed by atoms with E-state index in [9.17, 15) is 22.7 Å². The topological polar surface area (TPSA) is 106 Å². The first-order chi connectivity index (χ1) is 13.7. The summed E-state index contributed by atoms with van der Waals surface area (Å²) >= 11 is 0. The van der Waals surface area contributed by atoms with Gasteiger partial charge in [0.2, 0.25) is 0 Å². The molecule has 0 aliphatic rings. The number of hydrogen-bond acceptors (Lipinski definition) is 6. The fourth-order valence-electron chi connectivity index (χ4n) is 2.74. The lowest BCUT2D eigenvalue weighted by molar-refractivity contribution is -0.385. The van der Waals surface area contributed by atoms with Crippen LogP contribution in [0.2, 0.25) is 0 Å². The third-order valence-corrected chi connectivity index (χ3v) is 6.62. The normalized spacial score (nSPS) is 12.3. The molecular weight excluding hydrogens is 412 g/mol. The Morgan fingerprint density at radius 1 is 1.00 bits per heavy atom. The van der Waals surface area contributed by atoms with Crippen molar-refractivity contribution in [2.75, 3.05) is 11.6 Å². The Balaban J connectivity index is 1.87. The number of nitrogens with zero attached hydrogens (tertiary/aromatic N) is 1. The molecule has 3 aromatic carbocycles. The van der Waals surface area contributed by atoms with Crippen LogP contribution < -0.4 is 5.32 Å². The van der Waals surface area contributed by atoms with Crippen molar-refractivity contribution in [3.63, 3.8) is 0 Å². The summed E-state index contributed by atoms with van der Waals surface area (Å²) in [4.78, 5) is 10.9. The van der Waals surface area contributed by atoms with E-state index >= 15 is 0 Å². The first-order valence-electron chi connectivity index (χ1n) is 8.52. The van der Waals surface area contributed by atoms with E-state index < -0.39 is 25.6 Å². The maximum absolute atomic E-state index is 12.5. The molecule has 0 amide bonds. The largest absolute Gasteiger partial charge is 0.354 e. The highest BCUT2D eigenvalue weighted by atomic mass is 32.2. The number of sulfone groups is 1. The minimum Gasteiger partial charge on any atom is -0.354 e. The second kappa shape index (κ2) is 8.54. The van der Waals surface area contributed by atoms with Crippen molar-refractivity contribution in [1.29, 1.82) is 0 Å². The Bertz CT molecular complexity index is 1180.